The first-order chi connectivity index (χ1) is 6.75. The molecular formula is C7H10F3NO4. The molecule has 88 valence electrons. The monoisotopic (exact) mass is 229 g/mol. The van der Waals surface area contributed by atoms with Crippen molar-refractivity contribution in [1.29, 1.82) is 0 Å². The molecule has 3 N–H and O–H groups in total. The number of carbonyl (C=O) groups is 2. The smallest absolute Gasteiger partial charge is 0.475 e. The van der Waals surface area contributed by atoms with E-state index >= 15 is 0 Å². The highest BCUT2D eigenvalue weighted by molar-refractivity contribution is 5.76. The summed E-state index contributed by atoms with van der Waals surface area (Å²) in [5.41, 5.74) is 4.98. The Balaban J connectivity index is 0.000000265. The Bertz CT molecular complexity index is 235. The normalized spacial score (nSPS) is 20.3. The molecule has 1 fully saturated rings. The van der Waals surface area contributed by atoms with Crippen molar-refractivity contribution in [1.82, 2.24) is 0 Å². The molecular weight excluding hydrogens is 219 g/mol. The molecule has 0 aliphatic carbocycles. The molecule has 0 aromatic carbocycles. The van der Waals surface area contributed by atoms with Gasteiger partial charge in [0.05, 0.1) is 12.5 Å². The summed E-state index contributed by atoms with van der Waals surface area (Å²) in [5, 5.41) is 7.12. The van der Waals surface area contributed by atoms with Gasteiger partial charge in [0.15, 0.2) is 0 Å². The third-order valence-corrected chi connectivity index (χ3v) is 1.57. The molecule has 15 heavy (non-hydrogen) atoms. The molecule has 1 aliphatic heterocycles. The quantitative estimate of drug-likeness (QED) is 0.669. The number of ether oxygens (including phenoxy) is 1. The summed E-state index contributed by atoms with van der Waals surface area (Å²) in [4.78, 5) is 19.2. The summed E-state index contributed by atoms with van der Waals surface area (Å²) in [6.45, 7) is 1.21. The van der Waals surface area contributed by atoms with Crippen LogP contribution < -0.4 is 5.73 Å². The summed E-state index contributed by atoms with van der Waals surface area (Å²) in [5.74, 6) is -3.01. The van der Waals surface area contributed by atoms with Gasteiger partial charge in [0.1, 0.15) is 0 Å². The summed E-state index contributed by atoms with van der Waals surface area (Å²) in [7, 11) is 0. The average Bonchev–Trinajstić information content (AvgIpc) is 2.54. The molecule has 0 radical (unpaired) electrons. The first kappa shape index (κ1) is 13.7. The van der Waals surface area contributed by atoms with E-state index in [-0.39, 0.29) is 11.8 Å². The van der Waals surface area contributed by atoms with Gasteiger partial charge in [-0.15, -0.1) is 0 Å². The maximum Gasteiger partial charge on any atom is 0.490 e. The number of amides is 1. The molecule has 1 heterocycles. The Morgan fingerprint density at radius 3 is 2.00 bits per heavy atom. The molecule has 0 bridgehead atoms. The number of nitrogens with two attached hydrogens (primary N) is 1. The number of hydrogen-bond donors (Lipinski definition) is 2. The minimum Gasteiger partial charge on any atom is -0.475 e. The van der Waals surface area contributed by atoms with Crippen molar-refractivity contribution in [2.75, 3.05) is 13.2 Å². The Morgan fingerprint density at radius 1 is 1.40 bits per heavy atom. The number of aliphatic carboxylic acids is 1. The highest BCUT2D eigenvalue weighted by Gasteiger charge is 2.38. The highest BCUT2D eigenvalue weighted by atomic mass is 19.4. The number of halogens is 3. The molecule has 0 aromatic rings. The van der Waals surface area contributed by atoms with Crippen molar-refractivity contribution in [2.45, 2.75) is 12.6 Å². The zero-order valence-corrected chi connectivity index (χ0v) is 7.58. The maximum absolute atomic E-state index is 10.6. The first-order valence-electron chi connectivity index (χ1n) is 3.92. The van der Waals surface area contributed by atoms with Gasteiger partial charge in [0.25, 0.3) is 0 Å². The van der Waals surface area contributed by atoms with Gasteiger partial charge in [-0.3, -0.25) is 4.79 Å². The summed E-state index contributed by atoms with van der Waals surface area (Å²) >= 11 is 0. The molecule has 1 amide bonds. The van der Waals surface area contributed by atoms with E-state index in [0.717, 1.165) is 6.42 Å². The molecule has 1 rings (SSSR count). The summed E-state index contributed by atoms with van der Waals surface area (Å²) in [6.07, 6.45) is -4.28. The van der Waals surface area contributed by atoms with Crippen LogP contribution in [0, 0.1) is 5.92 Å². The predicted octanol–water partition coefficient (Wildman–Crippen LogP) is 0.141. The minimum absolute atomic E-state index is 0.0185. The van der Waals surface area contributed by atoms with Gasteiger partial charge >= 0.3 is 12.1 Å². The van der Waals surface area contributed by atoms with Gasteiger partial charge in [-0.2, -0.15) is 13.2 Å². The molecule has 5 nitrogen and oxygen atoms in total. The zero-order valence-electron chi connectivity index (χ0n) is 7.58. The van der Waals surface area contributed by atoms with Gasteiger partial charge in [-0.05, 0) is 6.42 Å². The molecule has 0 spiro atoms. The van der Waals surface area contributed by atoms with Crippen LogP contribution in [0.1, 0.15) is 6.42 Å². The van der Waals surface area contributed by atoms with Gasteiger partial charge in [-0.25, -0.2) is 4.79 Å². The SMILES string of the molecule is NC(=O)C1CCOC1.O=C(O)C(F)(F)F. The fourth-order valence-corrected chi connectivity index (χ4v) is 0.759. The second-order valence-electron chi connectivity index (χ2n) is 2.77. The van der Waals surface area contributed by atoms with E-state index < -0.39 is 12.1 Å². The zero-order chi connectivity index (χ0) is 12.1. The van der Waals surface area contributed by atoms with Crippen LogP contribution >= 0.6 is 0 Å². The second kappa shape index (κ2) is 5.54. The predicted molar refractivity (Wildman–Crippen MR) is 41.8 cm³/mol. The van der Waals surface area contributed by atoms with E-state index in [0.29, 0.717) is 13.2 Å². The van der Waals surface area contributed by atoms with Crippen LogP contribution in [-0.2, 0) is 14.3 Å². The summed E-state index contributed by atoms with van der Waals surface area (Å²) < 4.78 is 36.7. The second-order valence-corrected chi connectivity index (χ2v) is 2.77. The third-order valence-electron chi connectivity index (χ3n) is 1.57. The first-order valence-corrected chi connectivity index (χ1v) is 3.92. The van der Waals surface area contributed by atoms with Gasteiger partial charge in [-0.1, -0.05) is 0 Å². The van der Waals surface area contributed by atoms with E-state index in [2.05, 4.69) is 0 Å². The van der Waals surface area contributed by atoms with Crippen LogP contribution in [0.5, 0.6) is 0 Å². The molecule has 0 aromatic heterocycles. The lowest BCUT2D eigenvalue weighted by Crippen LogP contribution is -2.22. The van der Waals surface area contributed by atoms with Crippen molar-refractivity contribution in [2.24, 2.45) is 11.7 Å². The van der Waals surface area contributed by atoms with E-state index in [4.69, 9.17) is 20.4 Å². The van der Waals surface area contributed by atoms with Crippen LogP contribution in [0.3, 0.4) is 0 Å². The number of alkyl halides is 3. The van der Waals surface area contributed by atoms with E-state index in [1.54, 1.807) is 0 Å². The lowest BCUT2D eigenvalue weighted by molar-refractivity contribution is -0.192. The minimum atomic E-state index is -5.08. The Labute approximate surface area is 83.0 Å². The number of carboxylic acids is 1. The molecule has 1 unspecified atom stereocenters. The lowest BCUT2D eigenvalue weighted by Gasteiger charge is -1.96. The number of carboxylic acid groups (broad SMARTS) is 1. The van der Waals surface area contributed by atoms with E-state index in [1.165, 1.54) is 0 Å². The highest BCUT2D eigenvalue weighted by Crippen LogP contribution is 2.13. The number of carbonyl (C=O) groups excluding carboxylic acids is 1. The van der Waals surface area contributed by atoms with Crippen molar-refractivity contribution >= 4 is 11.9 Å². The topological polar surface area (TPSA) is 89.6 Å². The average molecular weight is 229 g/mol. The van der Waals surface area contributed by atoms with E-state index in [1.807, 2.05) is 0 Å². The Hall–Kier alpha value is -1.31. The van der Waals surface area contributed by atoms with Crippen molar-refractivity contribution in [3.8, 4) is 0 Å². The molecule has 0 saturated carbocycles. The van der Waals surface area contributed by atoms with Crippen LogP contribution in [0.4, 0.5) is 13.2 Å². The Morgan fingerprint density at radius 2 is 1.87 bits per heavy atom. The fourth-order valence-electron chi connectivity index (χ4n) is 0.759. The molecule has 8 heteroatoms. The van der Waals surface area contributed by atoms with E-state index in [9.17, 15) is 18.0 Å². The number of rotatable bonds is 1. The van der Waals surface area contributed by atoms with Crippen molar-refractivity contribution in [3.05, 3.63) is 0 Å². The maximum atomic E-state index is 10.6. The number of primary amides is 1. The largest absolute Gasteiger partial charge is 0.490 e. The van der Waals surface area contributed by atoms with Crippen LogP contribution in [0.2, 0.25) is 0 Å². The molecule has 1 atom stereocenters. The molecule has 1 saturated heterocycles. The van der Waals surface area contributed by atoms with Gasteiger partial charge in [0.2, 0.25) is 5.91 Å². The summed E-state index contributed by atoms with van der Waals surface area (Å²) in [6, 6.07) is 0. The van der Waals surface area contributed by atoms with Crippen LogP contribution in [0.25, 0.3) is 0 Å². The van der Waals surface area contributed by atoms with Crippen LogP contribution in [-0.4, -0.2) is 36.4 Å². The van der Waals surface area contributed by atoms with Crippen LogP contribution in [0.15, 0.2) is 0 Å². The molecule has 1 aliphatic rings. The lowest BCUT2D eigenvalue weighted by atomic mass is 10.1. The third kappa shape index (κ3) is 5.89. The van der Waals surface area contributed by atoms with Gasteiger partial charge in [0, 0.05) is 6.61 Å². The Kier molecular flexibility index (Phi) is 5.06. The standard InChI is InChI=1S/C5H9NO2.C2HF3O2/c6-5(7)4-1-2-8-3-4;3-2(4,5)1(6)7/h4H,1-3H2,(H2,6,7);(H,6,7). The fraction of sp³-hybridized carbons (Fsp3) is 0.714. The van der Waals surface area contributed by atoms with Gasteiger partial charge < -0.3 is 15.6 Å². The van der Waals surface area contributed by atoms with Crippen molar-refractivity contribution < 1.29 is 32.6 Å². The van der Waals surface area contributed by atoms with Crippen molar-refractivity contribution in [3.63, 3.8) is 0 Å². The number of hydrogen-bond acceptors (Lipinski definition) is 3.